The highest BCUT2D eigenvalue weighted by Gasteiger charge is 2.34. The van der Waals surface area contributed by atoms with Gasteiger partial charge in [-0.3, -0.25) is 0 Å². The van der Waals surface area contributed by atoms with Crippen LogP contribution in [-0.2, 0) is 10.0 Å². The van der Waals surface area contributed by atoms with Gasteiger partial charge in [-0.2, -0.15) is 4.31 Å². The molecule has 0 aromatic carbocycles. The second kappa shape index (κ2) is 4.99. The summed E-state index contributed by atoms with van der Waals surface area (Å²) < 4.78 is 27.4. The number of anilines is 1. The molecule has 0 aliphatic carbocycles. The predicted octanol–water partition coefficient (Wildman–Crippen LogP) is 1.50. The van der Waals surface area contributed by atoms with Gasteiger partial charge in [0.05, 0.1) is 23.5 Å². The lowest BCUT2D eigenvalue weighted by Gasteiger charge is -2.23. The normalized spacial score (nSPS) is 20.2. The molecule has 3 heterocycles. The van der Waals surface area contributed by atoms with Gasteiger partial charge < -0.3 is 9.30 Å². The lowest BCUT2D eigenvalue weighted by molar-refractivity contribution is 0.393. The summed E-state index contributed by atoms with van der Waals surface area (Å²) in [6.45, 7) is 0.576. The maximum atomic E-state index is 11.9. The van der Waals surface area contributed by atoms with Crippen LogP contribution in [0.1, 0.15) is 24.6 Å². The van der Waals surface area contributed by atoms with E-state index in [-0.39, 0.29) is 6.04 Å². The fraction of sp³-hybridized carbons (Fsp3) is 0.500. The lowest BCUT2D eigenvalue weighted by Crippen LogP contribution is -2.30. The van der Waals surface area contributed by atoms with E-state index in [9.17, 15) is 8.42 Å². The van der Waals surface area contributed by atoms with Crippen molar-refractivity contribution < 1.29 is 8.42 Å². The van der Waals surface area contributed by atoms with Crippen LogP contribution >= 0.6 is 0 Å². The van der Waals surface area contributed by atoms with Crippen LogP contribution in [0.5, 0.6) is 0 Å². The zero-order valence-electron chi connectivity index (χ0n) is 12.5. The Balaban J connectivity index is 2.12. The van der Waals surface area contributed by atoms with Gasteiger partial charge in [-0.05, 0) is 25.0 Å². The molecule has 1 atom stereocenters. The average molecular weight is 308 g/mol. The Bertz CT molecular complexity index is 766. The van der Waals surface area contributed by atoms with Crippen LogP contribution in [-0.4, -0.2) is 49.0 Å². The third kappa shape index (κ3) is 2.51. The van der Waals surface area contributed by atoms with Crippen molar-refractivity contribution in [2.75, 3.05) is 31.8 Å². The summed E-state index contributed by atoms with van der Waals surface area (Å²) in [6, 6.07) is 3.82. The highest BCUT2D eigenvalue weighted by atomic mass is 32.2. The monoisotopic (exact) mass is 308 g/mol. The lowest BCUT2D eigenvalue weighted by atomic mass is 10.1. The first-order chi connectivity index (χ1) is 9.88. The van der Waals surface area contributed by atoms with Gasteiger partial charge in [-0.1, -0.05) is 0 Å². The molecule has 0 N–H and O–H groups in total. The Morgan fingerprint density at radius 3 is 2.81 bits per heavy atom. The molecule has 1 saturated heterocycles. The Morgan fingerprint density at radius 1 is 1.38 bits per heavy atom. The second-order valence-corrected chi connectivity index (χ2v) is 7.65. The molecule has 1 aliphatic heterocycles. The van der Waals surface area contributed by atoms with Gasteiger partial charge in [0, 0.05) is 33.0 Å². The Hall–Kier alpha value is -1.60. The minimum absolute atomic E-state index is 0.162. The number of nitrogens with zero attached hydrogens (tertiary/aromatic N) is 4. The van der Waals surface area contributed by atoms with E-state index in [1.807, 2.05) is 47.9 Å². The van der Waals surface area contributed by atoms with E-state index < -0.39 is 10.0 Å². The molecule has 1 aliphatic rings. The maximum Gasteiger partial charge on any atom is 0.211 e. The Kier molecular flexibility index (Phi) is 3.41. The van der Waals surface area contributed by atoms with Crippen molar-refractivity contribution in [2.45, 2.75) is 18.9 Å². The molecule has 0 saturated carbocycles. The van der Waals surface area contributed by atoms with Crippen molar-refractivity contribution in [3.05, 3.63) is 30.2 Å². The smallest absolute Gasteiger partial charge is 0.211 e. The number of fused-ring (bicyclic) bond motifs is 1. The van der Waals surface area contributed by atoms with Crippen molar-refractivity contribution in [2.24, 2.45) is 0 Å². The van der Waals surface area contributed by atoms with Crippen molar-refractivity contribution in [1.82, 2.24) is 13.7 Å². The van der Waals surface area contributed by atoms with E-state index in [1.165, 1.54) is 6.26 Å². The number of hydrogen-bond donors (Lipinski definition) is 0. The van der Waals surface area contributed by atoms with Crippen LogP contribution in [0.25, 0.3) is 5.52 Å². The number of hydrogen-bond acceptors (Lipinski definition) is 4. The van der Waals surface area contributed by atoms with E-state index in [4.69, 9.17) is 4.98 Å². The molecule has 21 heavy (non-hydrogen) atoms. The van der Waals surface area contributed by atoms with E-state index in [2.05, 4.69) is 0 Å². The zero-order chi connectivity index (χ0) is 15.2. The van der Waals surface area contributed by atoms with Gasteiger partial charge in [0.1, 0.15) is 0 Å². The van der Waals surface area contributed by atoms with Crippen molar-refractivity contribution >= 4 is 21.4 Å². The molecular formula is C14H20N4O2S. The van der Waals surface area contributed by atoms with E-state index in [0.29, 0.717) is 6.54 Å². The maximum absolute atomic E-state index is 11.9. The fourth-order valence-electron chi connectivity index (χ4n) is 2.97. The van der Waals surface area contributed by atoms with Gasteiger partial charge in [0.2, 0.25) is 10.0 Å². The van der Waals surface area contributed by atoms with Crippen molar-refractivity contribution in [1.29, 1.82) is 0 Å². The highest BCUT2D eigenvalue weighted by Crippen LogP contribution is 2.34. The van der Waals surface area contributed by atoms with Crippen LogP contribution in [0.4, 0.5) is 5.82 Å². The van der Waals surface area contributed by atoms with Crippen molar-refractivity contribution in [3.8, 4) is 0 Å². The number of aromatic nitrogens is 2. The molecule has 7 heteroatoms. The average Bonchev–Trinajstić information content (AvgIpc) is 3.05. The third-order valence-electron chi connectivity index (χ3n) is 3.91. The summed E-state index contributed by atoms with van der Waals surface area (Å²) in [5.41, 5.74) is 1.83. The molecule has 114 valence electrons. The van der Waals surface area contributed by atoms with Crippen LogP contribution in [0, 0.1) is 0 Å². The summed E-state index contributed by atoms with van der Waals surface area (Å²) in [7, 11) is 0.691. The molecular weight excluding hydrogens is 288 g/mol. The third-order valence-corrected chi connectivity index (χ3v) is 5.20. The molecule has 0 spiro atoms. The van der Waals surface area contributed by atoms with Gasteiger partial charge in [-0.15, -0.1) is 0 Å². The van der Waals surface area contributed by atoms with Gasteiger partial charge in [0.25, 0.3) is 0 Å². The summed E-state index contributed by atoms with van der Waals surface area (Å²) >= 11 is 0. The molecule has 0 amide bonds. The van der Waals surface area contributed by atoms with Crippen LogP contribution < -0.4 is 4.90 Å². The zero-order valence-corrected chi connectivity index (χ0v) is 13.3. The van der Waals surface area contributed by atoms with E-state index >= 15 is 0 Å². The molecule has 6 nitrogen and oxygen atoms in total. The van der Waals surface area contributed by atoms with Crippen LogP contribution in [0.15, 0.2) is 24.5 Å². The van der Waals surface area contributed by atoms with E-state index in [0.717, 1.165) is 29.9 Å². The standard InChI is InChI=1S/C14H20N4O2S/c1-16(2)14-13-7-4-8-17(13)10-11(15-14)12-6-5-9-18(12)21(3,19)20/h4,7-8,10,12H,5-6,9H2,1-3H3/t12-/m1/s1. The van der Waals surface area contributed by atoms with E-state index in [1.54, 1.807) is 4.31 Å². The largest absolute Gasteiger partial charge is 0.361 e. The Morgan fingerprint density at radius 2 is 2.14 bits per heavy atom. The van der Waals surface area contributed by atoms with Gasteiger partial charge in [-0.25, -0.2) is 13.4 Å². The Labute approximate surface area is 125 Å². The minimum Gasteiger partial charge on any atom is -0.361 e. The molecule has 2 aromatic heterocycles. The topological polar surface area (TPSA) is 57.9 Å². The number of sulfonamides is 1. The SMILES string of the molecule is CN(C)c1nc([C@H]2CCCN2S(C)(=O)=O)cn2cccc12. The van der Waals surface area contributed by atoms with Crippen LogP contribution in [0.2, 0.25) is 0 Å². The summed E-state index contributed by atoms with van der Waals surface area (Å²) in [5, 5.41) is 0. The summed E-state index contributed by atoms with van der Waals surface area (Å²) in [5.74, 6) is 0.859. The highest BCUT2D eigenvalue weighted by molar-refractivity contribution is 7.88. The van der Waals surface area contributed by atoms with Crippen molar-refractivity contribution in [3.63, 3.8) is 0 Å². The quantitative estimate of drug-likeness (QED) is 0.862. The molecule has 0 radical (unpaired) electrons. The first-order valence-electron chi connectivity index (χ1n) is 6.99. The summed E-state index contributed by atoms with van der Waals surface area (Å²) in [6.07, 6.45) is 6.87. The van der Waals surface area contributed by atoms with Gasteiger partial charge >= 0.3 is 0 Å². The van der Waals surface area contributed by atoms with Crippen LogP contribution in [0.3, 0.4) is 0 Å². The van der Waals surface area contributed by atoms with Gasteiger partial charge in [0.15, 0.2) is 5.82 Å². The molecule has 1 fully saturated rings. The first-order valence-corrected chi connectivity index (χ1v) is 8.84. The number of rotatable bonds is 3. The fourth-order valence-corrected chi connectivity index (χ4v) is 4.11. The predicted molar refractivity (Wildman–Crippen MR) is 83.0 cm³/mol. The first kappa shape index (κ1) is 14.3. The minimum atomic E-state index is -3.20. The molecule has 3 rings (SSSR count). The molecule has 0 unspecified atom stereocenters. The molecule has 0 bridgehead atoms. The molecule has 2 aromatic rings. The summed E-state index contributed by atoms with van der Waals surface area (Å²) in [4.78, 5) is 6.67. The second-order valence-electron chi connectivity index (χ2n) is 5.72.